The normalized spacial score (nSPS) is 59.8. The SMILES string of the molecule is C[C@@]1(CO)CC[C@@]23C[C@@H]1C[C@H]2CC[C@@H]1[C@@](C)(CO)[C@@H](O)CC[C@]13C. The van der Waals surface area contributed by atoms with Gasteiger partial charge in [-0.05, 0) is 85.4 Å². The van der Waals surface area contributed by atoms with Gasteiger partial charge in [0.15, 0.2) is 0 Å². The molecule has 24 heavy (non-hydrogen) atoms. The Bertz CT molecular complexity index is 521. The second-order valence-corrected chi connectivity index (χ2v) is 10.6. The molecule has 0 aromatic heterocycles. The molecule has 0 aromatic rings. The first-order valence-corrected chi connectivity index (χ1v) is 10.2. The summed E-state index contributed by atoms with van der Waals surface area (Å²) >= 11 is 0. The van der Waals surface area contributed by atoms with Crippen LogP contribution in [0.5, 0.6) is 0 Å². The molecular weight excluding hydrogens is 300 g/mol. The number of rotatable bonds is 2. The van der Waals surface area contributed by atoms with E-state index in [9.17, 15) is 15.3 Å². The standard InChI is InChI=1S/C21H36O3/c1-18(12-22)8-9-21-11-15(18)10-14(21)4-5-16-19(2,13-23)17(24)6-7-20(16,21)3/h14-17,22-24H,4-13H2,1-3H3/t14-,15+,16-,17+,18+,19-,20-,21-/m1/s1. The summed E-state index contributed by atoms with van der Waals surface area (Å²) in [7, 11) is 0. The second-order valence-electron chi connectivity index (χ2n) is 10.6. The van der Waals surface area contributed by atoms with Crippen molar-refractivity contribution in [1.29, 1.82) is 0 Å². The van der Waals surface area contributed by atoms with Crippen LogP contribution in [0, 0.1) is 39.4 Å². The van der Waals surface area contributed by atoms with Gasteiger partial charge in [0.05, 0.1) is 12.7 Å². The third-order valence-electron chi connectivity index (χ3n) is 10.00. The van der Waals surface area contributed by atoms with Gasteiger partial charge >= 0.3 is 0 Å². The van der Waals surface area contributed by atoms with Crippen molar-refractivity contribution in [1.82, 2.24) is 0 Å². The van der Waals surface area contributed by atoms with Crippen LogP contribution in [-0.4, -0.2) is 34.6 Å². The van der Waals surface area contributed by atoms with Crippen LogP contribution in [0.3, 0.4) is 0 Å². The van der Waals surface area contributed by atoms with E-state index in [0.29, 0.717) is 23.9 Å². The van der Waals surface area contributed by atoms with Gasteiger partial charge in [-0.1, -0.05) is 20.8 Å². The third-order valence-corrected chi connectivity index (χ3v) is 10.00. The molecule has 0 aliphatic heterocycles. The van der Waals surface area contributed by atoms with Gasteiger partial charge in [0.25, 0.3) is 0 Å². The van der Waals surface area contributed by atoms with E-state index in [1.165, 1.54) is 25.7 Å². The molecule has 3 nitrogen and oxygen atoms in total. The largest absolute Gasteiger partial charge is 0.396 e. The van der Waals surface area contributed by atoms with Crippen LogP contribution in [0.15, 0.2) is 0 Å². The van der Waals surface area contributed by atoms with Crippen molar-refractivity contribution in [3.63, 3.8) is 0 Å². The zero-order chi connectivity index (χ0) is 17.4. The zero-order valence-corrected chi connectivity index (χ0v) is 15.7. The molecular formula is C21H36O3. The molecule has 0 saturated heterocycles. The van der Waals surface area contributed by atoms with Gasteiger partial charge in [-0.25, -0.2) is 0 Å². The van der Waals surface area contributed by atoms with Crippen molar-refractivity contribution in [3.05, 3.63) is 0 Å². The quantitative estimate of drug-likeness (QED) is 0.724. The number of fused-ring (bicyclic) bond motifs is 2. The Kier molecular flexibility index (Phi) is 3.75. The van der Waals surface area contributed by atoms with Gasteiger partial charge in [0, 0.05) is 12.0 Å². The number of aliphatic hydroxyl groups is 3. The molecule has 4 saturated carbocycles. The lowest BCUT2D eigenvalue weighted by Gasteiger charge is -2.66. The molecule has 3 N–H and O–H groups in total. The van der Waals surface area contributed by atoms with Gasteiger partial charge in [-0.15, -0.1) is 0 Å². The fourth-order valence-electron chi connectivity index (χ4n) is 8.12. The Morgan fingerprint density at radius 3 is 2.29 bits per heavy atom. The molecule has 4 fully saturated rings. The molecule has 0 unspecified atom stereocenters. The van der Waals surface area contributed by atoms with Crippen LogP contribution in [-0.2, 0) is 0 Å². The van der Waals surface area contributed by atoms with Crippen molar-refractivity contribution < 1.29 is 15.3 Å². The molecule has 0 radical (unpaired) electrons. The van der Waals surface area contributed by atoms with Crippen LogP contribution >= 0.6 is 0 Å². The molecule has 0 amide bonds. The molecule has 0 aromatic carbocycles. The minimum Gasteiger partial charge on any atom is -0.396 e. The highest BCUT2D eigenvalue weighted by Gasteiger charge is 2.69. The molecule has 138 valence electrons. The lowest BCUT2D eigenvalue weighted by molar-refractivity contribution is -0.211. The van der Waals surface area contributed by atoms with E-state index in [2.05, 4.69) is 20.8 Å². The number of hydrogen-bond acceptors (Lipinski definition) is 3. The fraction of sp³-hybridized carbons (Fsp3) is 1.00. The van der Waals surface area contributed by atoms with Crippen LogP contribution in [0.2, 0.25) is 0 Å². The van der Waals surface area contributed by atoms with E-state index in [4.69, 9.17) is 0 Å². The van der Waals surface area contributed by atoms with E-state index in [0.717, 1.165) is 31.6 Å². The molecule has 3 heteroatoms. The van der Waals surface area contributed by atoms with Gasteiger partial charge in [-0.2, -0.15) is 0 Å². The fourth-order valence-corrected chi connectivity index (χ4v) is 8.12. The maximum absolute atomic E-state index is 10.7. The lowest BCUT2D eigenvalue weighted by atomic mass is 9.39. The summed E-state index contributed by atoms with van der Waals surface area (Å²) in [6.45, 7) is 7.35. The Balaban J connectivity index is 1.74. The molecule has 4 aliphatic rings. The summed E-state index contributed by atoms with van der Waals surface area (Å²) in [5.41, 5.74) is 0.384. The molecule has 4 aliphatic carbocycles. The Morgan fingerprint density at radius 2 is 1.62 bits per heavy atom. The summed E-state index contributed by atoms with van der Waals surface area (Å²) in [4.78, 5) is 0. The van der Waals surface area contributed by atoms with Crippen LogP contribution in [0.4, 0.5) is 0 Å². The molecule has 0 heterocycles. The predicted molar refractivity (Wildman–Crippen MR) is 94.3 cm³/mol. The Labute approximate surface area is 146 Å². The highest BCUT2D eigenvalue weighted by Crippen LogP contribution is 2.76. The first-order valence-electron chi connectivity index (χ1n) is 10.2. The summed E-state index contributed by atoms with van der Waals surface area (Å²) in [5, 5.41) is 30.8. The third kappa shape index (κ3) is 1.85. The van der Waals surface area contributed by atoms with Crippen LogP contribution < -0.4 is 0 Å². The van der Waals surface area contributed by atoms with Crippen molar-refractivity contribution >= 4 is 0 Å². The average Bonchev–Trinajstić information content (AvgIpc) is 2.93. The first kappa shape index (κ1) is 17.3. The maximum atomic E-state index is 10.7. The van der Waals surface area contributed by atoms with Crippen molar-refractivity contribution in [3.8, 4) is 0 Å². The summed E-state index contributed by atoms with van der Waals surface area (Å²) in [5.74, 6) is 1.87. The molecule has 1 spiro atoms. The van der Waals surface area contributed by atoms with E-state index >= 15 is 0 Å². The van der Waals surface area contributed by atoms with E-state index in [-0.39, 0.29) is 29.0 Å². The van der Waals surface area contributed by atoms with Crippen molar-refractivity contribution in [2.45, 2.75) is 78.2 Å². The summed E-state index contributed by atoms with van der Waals surface area (Å²) in [6, 6.07) is 0. The molecule has 2 bridgehead atoms. The van der Waals surface area contributed by atoms with Crippen molar-refractivity contribution in [2.75, 3.05) is 13.2 Å². The van der Waals surface area contributed by atoms with E-state index in [1.54, 1.807) is 0 Å². The minimum atomic E-state index is -0.364. The monoisotopic (exact) mass is 336 g/mol. The lowest BCUT2D eigenvalue weighted by Crippen LogP contribution is -2.62. The van der Waals surface area contributed by atoms with Crippen molar-refractivity contribution in [2.24, 2.45) is 39.4 Å². The minimum absolute atomic E-state index is 0.104. The maximum Gasteiger partial charge on any atom is 0.0618 e. The van der Waals surface area contributed by atoms with Gasteiger partial charge in [0.2, 0.25) is 0 Å². The summed E-state index contributed by atoms with van der Waals surface area (Å²) < 4.78 is 0. The molecule has 8 atom stereocenters. The summed E-state index contributed by atoms with van der Waals surface area (Å²) in [6.07, 6.45) is 8.91. The van der Waals surface area contributed by atoms with Crippen LogP contribution in [0.1, 0.15) is 72.1 Å². The van der Waals surface area contributed by atoms with Gasteiger partial charge < -0.3 is 15.3 Å². The second kappa shape index (κ2) is 5.20. The topological polar surface area (TPSA) is 60.7 Å². The predicted octanol–water partition coefficient (Wildman–Crippen LogP) is 3.36. The first-order chi connectivity index (χ1) is 11.3. The van der Waals surface area contributed by atoms with Gasteiger partial charge in [0.1, 0.15) is 0 Å². The zero-order valence-electron chi connectivity index (χ0n) is 15.7. The number of aliphatic hydroxyl groups excluding tert-OH is 3. The average molecular weight is 337 g/mol. The van der Waals surface area contributed by atoms with E-state index < -0.39 is 0 Å². The van der Waals surface area contributed by atoms with Gasteiger partial charge in [-0.3, -0.25) is 0 Å². The molecule has 4 rings (SSSR count). The van der Waals surface area contributed by atoms with E-state index in [1.807, 2.05) is 0 Å². The Hall–Kier alpha value is -0.120. The highest BCUT2D eigenvalue weighted by molar-refractivity contribution is 5.18. The Morgan fingerprint density at radius 1 is 0.875 bits per heavy atom. The highest BCUT2D eigenvalue weighted by atomic mass is 16.3. The number of hydrogen-bond donors (Lipinski definition) is 3. The smallest absolute Gasteiger partial charge is 0.0618 e. The van der Waals surface area contributed by atoms with Crippen LogP contribution in [0.25, 0.3) is 0 Å².